The zero-order valence-corrected chi connectivity index (χ0v) is 74.4. The van der Waals surface area contributed by atoms with Gasteiger partial charge in [-0.2, -0.15) is 0 Å². The minimum Gasteiger partial charge on any atom is -0.351 e. The first-order valence-corrected chi connectivity index (χ1v) is 46.5. The number of rotatable bonds is 31. The number of carbonyl (C=O) groups is 6. The molecule has 6 amide bonds. The molecule has 6 atom stereocenters. The van der Waals surface area contributed by atoms with Crippen molar-refractivity contribution in [1.82, 2.24) is 61.9 Å². The highest BCUT2D eigenvalue weighted by Crippen LogP contribution is 2.32. The normalized spacial score (nSPS) is 18.0. The first-order valence-electron chi connectivity index (χ1n) is 46.5. The number of benzene rings is 11. The second-order valence-corrected chi connectivity index (χ2v) is 34.8. The molecule has 17 rings (SSSR count). The highest BCUT2D eigenvalue weighted by molar-refractivity contribution is 6.00. The predicted molar refractivity (Wildman–Crippen MR) is 521 cm³/mol. The van der Waals surface area contributed by atoms with E-state index in [0.29, 0.717) is 88.9 Å². The van der Waals surface area contributed by atoms with Gasteiger partial charge in [-0.05, 0) is 197 Å². The van der Waals surface area contributed by atoms with E-state index in [0.717, 1.165) is 76.9 Å². The molecule has 0 unspecified atom stereocenters. The van der Waals surface area contributed by atoms with Crippen LogP contribution in [0.1, 0.15) is 153 Å². The van der Waals surface area contributed by atoms with Crippen LogP contribution in [0.4, 0.5) is 4.39 Å². The van der Waals surface area contributed by atoms with Crippen molar-refractivity contribution in [2.45, 2.75) is 137 Å². The van der Waals surface area contributed by atoms with Crippen molar-refractivity contribution in [2.24, 2.45) is 0 Å². The lowest BCUT2D eigenvalue weighted by atomic mass is 9.90. The Balaban J connectivity index is 0.000000150. The summed E-state index contributed by atoms with van der Waals surface area (Å²) < 4.78 is 13.2. The van der Waals surface area contributed by atoms with E-state index in [4.69, 9.17) is 0 Å². The first kappa shape index (κ1) is 92.3. The van der Waals surface area contributed by atoms with Crippen LogP contribution >= 0.6 is 0 Å². The number of aromatic nitrogens is 2. The van der Waals surface area contributed by atoms with Crippen molar-refractivity contribution >= 4 is 63.1 Å². The zero-order valence-electron chi connectivity index (χ0n) is 74.4. The number of hydrogen-bond acceptors (Lipinski definition) is 12. The number of nitrogens with one attached hydrogen (secondary N) is 7. The van der Waals surface area contributed by atoms with Gasteiger partial charge in [0.15, 0.2) is 0 Å². The summed E-state index contributed by atoms with van der Waals surface area (Å²) in [5, 5.41) is 28.1. The highest BCUT2D eigenvalue weighted by atomic mass is 19.1. The predicted octanol–water partition coefficient (Wildman–Crippen LogP) is 17.2. The van der Waals surface area contributed by atoms with Crippen LogP contribution in [0, 0.1) is 5.82 Å². The summed E-state index contributed by atoms with van der Waals surface area (Å²) in [7, 11) is 0. The molecule has 2 aromatic heterocycles. The second kappa shape index (κ2) is 47.8. The van der Waals surface area contributed by atoms with Gasteiger partial charge in [-0.3, -0.25) is 38.7 Å². The summed E-state index contributed by atoms with van der Waals surface area (Å²) >= 11 is 0. The molecule has 1 aliphatic carbocycles. The summed E-state index contributed by atoms with van der Waals surface area (Å²) in [5.74, 6) is -0.288. The van der Waals surface area contributed by atoms with Crippen molar-refractivity contribution in [3.8, 4) is 0 Å². The Morgan fingerprint density at radius 3 is 1.20 bits per heavy atom. The Labute approximate surface area is 769 Å². The molecule has 0 spiro atoms. The van der Waals surface area contributed by atoms with Crippen molar-refractivity contribution in [3.63, 3.8) is 0 Å². The average Bonchev–Trinajstić information content (AvgIpc) is 1.80. The lowest BCUT2D eigenvalue weighted by Gasteiger charge is -2.29. The molecule has 4 fully saturated rings. The van der Waals surface area contributed by atoms with Gasteiger partial charge in [-0.25, -0.2) is 4.39 Å². The lowest BCUT2D eigenvalue weighted by Crippen LogP contribution is -2.50. The van der Waals surface area contributed by atoms with Gasteiger partial charge in [0.05, 0.1) is 18.1 Å². The lowest BCUT2D eigenvalue weighted by molar-refractivity contribution is -0.133. The number of halogens is 1. The largest absolute Gasteiger partial charge is 0.351 e. The molecule has 11 aromatic carbocycles. The number of amides is 6. The number of nitrogens with zero attached hydrogens (tertiary/aromatic N) is 5. The molecule has 0 radical (unpaired) electrons. The monoisotopic (exact) mass is 1750 g/mol. The van der Waals surface area contributed by atoms with E-state index in [1.165, 1.54) is 83.7 Å². The van der Waals surface area contributed by atoms with Crippen LogP contribution in [0.15, 0.2) is 346 Å². The van der Waals surface area contributed by atoms with Crippen LogP contribution in [0.25, 0.3) is 27.6 Å². The van der Waals surface area contributed by atoms with Gasteiger partial charge in [0.1, 0.15) is 5.82 Å². The van der Waals surface area contributed by atoms with Crippen molar-refractivity contribution < 1.29 is 33.2 Å². The molecule has 18 nitrogen and oxygen atoms in total. The number of pyridine rings is 2. The molecule has 1 saturated carbocycles. The zero-order chi connectivity index (χ0) is 90.1. The van der Waals surface area contributed by atoms with E-state index in [9.17, 15) is 33.2 Å². The van der Waals surface area contributed by atoms with Crippen LogP contribution in [0.5, 0.6) is 0 Å². The first-order chi connectivity index (χ1) is 64.3. The molecule has 4 aliphatic rings. The van der Waals surface area contributed by atoms with Crippen LogP contribution in [0.3, 0.4) is 0 Å². The molecule has 0 bridgehead atoms. The molecule has 131 heavy (non-hydrogen) atoms. The third-order valence-electron chi connectivity index (χ3n) is 25.7. The quantitative estimate of drug-likeness (QED) is 0.0159. The van der Waals surface area contributed by atoms with Gasteiger partial charge < -0.3 is 51.9 Å². The standard InChI is InChI=1S/C38H47FN4O2.2C37H36N4O2/c39-32-21-18-29(19-22-32)20-23-37(44)41-27-34-24-26-43(28-35(30-11-4-1-5-12-30)31-13-6-2-7-14-31)38(45)36(42-34)17-10-25-40-33-15-8-3-9-16-33;42-36(32-18-17-28-11-7-8-16-31(28)23-32)39-25-33-19-21-41(37(43)35(40-33)22-27-10-9-20-38-24-27)26-34(29-12-3-1-4-13-29)30-14-5-2-6-15-30;42-36(32-16-15-28-9-7-8-14-31(28)24-32)39-25-33-19-22-41(37(43)35(40-33)23-27-17-20-38-21-18-27)26-34(29-10-3-1-4-11-29)30-12-5-2-6-13-30/h1-2,4-7,11-14,18-23,33-36,40,42H,3,8-10,15-17,24-28H2,(H,41,44);1-18,20,23-24,33-35,40H,19,21-22,25-26H2,(H,39,42);1-18,20-21,24,33-35,40H,19,22-23,25-26H2,(H,39,42)/b23-20+;;/t34-,36-;2*33-,35-/m000/s1. The molecule has 5 heterocycles. The Morgan fingerprint density at radius 2 is 0.779 bits per heavy atom. The summed E-state index contributed by atoms with van der Waals surface area (Å²) in [6.07, 6.45) is 21.6. The summed E-state index contributed by atoms with van der Waals surface area (Å²) in [5.41, 5.74) is 11.2. The fourth-order valence-electron chi connectivity index (χ4n) is 18.5. The SMILES string of the molecule is O=C(/C=C/c1ccc(F)cc1)NC[C@@H]1CCN(CC(c2ccccc2)c2ccccc2)C(=O)[C@H](CCCNC2CCCCC2)N1.O=C(NC[C@@H]1CCN(CC(c2ccccc2)c2ccccc2)C(=O)[C@H](Cc2cccnc2)N1)c1ccc2ccccc2c1.O=C(NC[C@@H]1CCN(CC(c2ccccc2)c2ccccc2)C(=O)[C@H](Cc2ccncc2)N1)c1ccc2ccccc2c1. The molecule has 19 heteroatoms. The smallest absolute Gasteiger partial charge is 0.251 e. The molecule has 13 aromatic rings. The van der Waals surface area contributed by atoms with Crippen LogP contribution < -0.4 is 37.2 Å². The molecule has 7 N–H and O–H groups in total. The average molecular weight is 1750 g/mol. The minimum absolute atomic E-state index is 0.0367. The highest BCUT2D eigenvalue weighted by Gasteiger charge is 2.37. The van der Waals surface area contributed by atoms with Crippen LogP contribution in [0.2, 0.25) is 0 Å². The van der Waals surface area contributed by atoms with E-state index >= 15 is 0 Å². The van der Waals surface area contributed by atoms with Crippen molar-refractivity contribution in [2.75, 3.05) is 65.4 Å². The van der Waals surface area contributed by atoms with Crippen LogP contribution in [-0.2, 0) is 32.0 Å². The molecular formula is C112H119FN12O6. The maximum atomic E-state index is 14.1. The van der Waals surface area contributed by atoms with Gasteiger partial charge in [0.2, 0.25) is 23.6 Å². The Bertz CT molecular complexity index is 5440. The van der Waals surface area contributed by atoms with Crippen molar-refractivity contribution in [3.05, 3.63) is 413 Å². The van der Waals surface area contributed by atoms with E-state index in [1.54, 1.807) is 36.8 Å². The van der Waals surface area contributed by atoms with E-state index in [2.05, 4.69) is 193 Å². The van der Waals surface area contributed by atoms with E-state index < -0.39 is 12.1 Å². The third-order valence-corrected chi connectivity index (χ3v) is 25.7. The number of hydrogen-bond donors (Lipinski definition) is 7. The Kier molecular flexibility index (Phi) is 33.6. The Hall–Kier alpha value is -13.4. The number of carbonyl (C=O) groups excluding carboxylic acids is 6. The fourth-order valence-corrected chi connectivity index (χ4v) is 18.5. The summed E-state index contributed by atoms with van der Waals surface area (Å²) in [4.78, 5) is 95.8. The van der Waals surface area contributed by atoms with Gasteiger partial charge in [0.25, 0.3) is 11.8 Å². The minimum atomic E-state index is -0.429. The summed E-state index contributed by atoms with van der Waals surface area (Å²) in [6.45, 7) is 5.76. The molecule has 3 aliphatic heterocycles. The number of fused-ring (bicyclic) bond motifs is 2. The topological polar surface area (TPSA) is 222 Å². The van der Waals surface area contributed by atoms with Gasteiger partial charge in [0, 0.05) is 143 Å². The molecular weight excluding hydrogens is 1630 g/mol. The Morgan fingerprint density at radius 1 is 0.389 bits per heavy atom. The summed E-state index contributed by atoms with van der Waals surface area (Å²) in [6, 6.07) is 103. The van der Waals surface area contributed by atoms with Crippen molar-refractivity contribution in [1.29, 1.82) is 0 Å². The van der Waals surface area contributed by atoms with E-state index in [-0.39, 0.29) is 83.2 Å². The van der Waals surface area contributed by atoms with Gasteiger partial charge in [-0.15, -0.1) is 0 Å². The van der Waals surface area contributed by atoms with Gasteiger partial charge in [-0.1, -0.05) is 280 Å². The third kappa shape index (κ3) is 26.9. The van der Waals surface area contributed by atoms with Gasteiger partial charge >= 0.3 is 0 Å². The molecule has 670 valence electrons. The van der Waals surface area contributed by atoms with Crippen LogP contribution in [-0.4, -0.2) is 168 Å². The maximum absolute atomic E-state index is 14.1. The second-order valence-electron chi connectivity index (χ2n) is 34.8. The van der Waals surface area contributed by atoms with E-state index in [1.807, 2.05) is 166 Å². The fraction of sp³-hybridized carbons (Fsp3) is 0.286. The maximum Gasteiger partial charge on any atom is 0.251 e. The molecule has 3 saturated heterocycles.